The van der Waals surface area contributed by atoms with E-state index in [1.54, 1.807) is 6.20 Å². The third kappa shape index (κ3) is 4.45. The van der Waals surface area contributed by atoms with Crippen molar-refractivity contribution in [3.8, 4) is 0 Å². The quantitative estimate of drug-likeness (QED) is 0.701. The van der Waals surface area contributed by atoms with Gasteiger partial charge in [0.15, 0.2) is 0 Å². The highest BCUT2D eigenvalue weighted by atomic mass is 16.2. The Labute approximate surface area is 170 Å². The van der Waals surface area contributed by atoms with Crippen molar-refractivity contribution in [2.45, 2.75) is 45.3 Å². The number of likely N-dealkylation sites (tertiary alicyclic amines) is 1. The van der Waals surface area contributed by atoms with E-state index in [4.69, 9.17) is 0 Å². The van der Waals surface area contributed by atoms with Crippen molar-refractivity contribution >= 4 is 22.6 Å². The normalized spacial score (nSPS) is 16.4. The van der Waals surface area contributed by atoms with Crippen LogP contribution in [0.15, 0.2) is 60.9 Å². The molecule has 1 unspecified atom stereocenters. The Morgan fingerprint density at radius 3 is 2.83 bits per heavy atom. The highest BCUT2D eigenvalue weighted by Gasteiger charge is 2.32. The number of nitrogens with one attached hydrogen (secondary N) is 1. The number of pyridine rings is 1. The molecule has 1 fully saturated rings. The molecule has 1 aliphatic heterocycles. The Bertz CT molecular complexity index is 1020. The van der Waals surface area contributed by atoms with E-state index in [0.29, 0.717) is 25.9 Å². The second-order valence-corrected chi connectivity index (χ2v) is 7.69. The minimum absolute atomic E-state index is 0.0235. The Morgan fingerprint density at radius 2 is 2.00 bits per heavy atom. The maximum atomic E-state index is 12.6. The molecule has 1 saturated heterocycles. The Balaban J connectivity index is 1.38. The number of benzene rings is 2. The van der Waals surface area contributed by atoms with Gasteiger partial charge in [0.25, 0.3) is 0 Å². The van der Waals surface area contributed by atoms with Gasteiger partial charge >= 0.3 is 0 Å². The Kier molecular flexibility index (Phi) is 5.56. The molecule has 4 rings (SSSR count). The van der Waals surface area contributed by atoms with E-state index in [1.165, 1.54) is 5.56 Å². The van der Waals surface area contributed by atoms with Crippen LogP contribution in [0.2, 0.25) is 0 Å². The van der Waals surface area contributed by atoms with Gasteiger partial charge in [0.2, 0.25) is 11.8 Å². The van der Waals surface area contributed by atoms with E-state index in [0.717, 1.165) is 28.3 Å². The van der Waals surface area contributed by atoms with Gasteiger partial charge in [0, 0.05) is 49.8 Å². The van der Waals surface area contributed by atoms with Gasteiger partial charge in [-0.1, -0.05) is 48.0 Å². The molecule has 0 saturated carbocycles. The number of fused-ring (bicyclic) bond motifs is 1. The molecule has 0 aliphatic carbocycles. The predicted octanol–water partition coefficient (Wildman–Crippen LogP) is 3.74. The summed E-state index contributed by atoms with van der Waals surface area (Å²) in [4.78, 5) is 31.0. The SMILES string of the molecule is Cc1ccc(CN2C(=O)CCC2CC(=O)NCc2cccc3cnccc23)cc1. The standard InChI is InChI=1S/C24H25N3O2/c1-17-5-7-18(8-6-17)16-27-21(9-10-24(27)29)13-23(28)26-15-20-4-2-3-19-14-25-12-11-22(19)20/h2-8,11-12,14,21H,9-10,13,15-16H2,1H3,(H,26,28). The first-order chi connectivity index (χ1) is 14.1. The van der Waals surface area contributed by atoms with Crippen LogP contribution in [0.5, 0.6) is 0 Å². The number of rotatable bonds is 6. The molecule has 0 radical (unpaired) electrons. The lowest BCUT2D eigenvalue weighted by atomic mass is 10.1. The summed E-state index contributed by atoms with van der Waals surface area (Å²) in [6.45, 7) is 3.08. The van der Waals surface area contributed by atoms with Gasteiger partial charge in [-0.25, -0.2) is 0 Å². The minimum atomic E-state index is -0.0412. The summed E-state index contributed by atoms with van der Waals surface area (Å²) >= 11 is 0. The fraction of sp³-hybridized carbons (Fsp3) is 0.292. The zero-order valence-electron chi connectivity index (χ0n) is 16.6. The number of amides is 2. The van der Waals surface area contributed by atoms with Gasteiger partial charge in [-0.3, -0.25) is 14.6 Å². The third-order valence-electron chi connectivity index (χ3n) is 5.59. The Hall–Kier alpha value is -3.21. The van der Waals surface area contributed by atoms with Crippen LogP contribution in [0.3, 0.4) is 0 Å². The number of aryl methyl sites for hydroxylation is 1. The van der Waals surface area contributed by atoms with E-state index in [-0.39, 0.29) is 17.9 Å². The topological polar surface area (TPSA) is 62.3 Å². The van der Waals surface area contributed by atoms with E-state index < -0.39 is 0 Å². The van der Waals surface area contributed by atoms with E-state index in [1.807, 2.05) is 54.4 Å². The molecule has 1 aromatic heterocycles. The molecule has 29 heavy (non-hydrogen) atoms. The van der Waals surface area contributed by atoms with Crippen molar-refractivity contribution in [2.24, 2.45) is 0 Å². The van der Waals surface area contributed by atoms with Crippen LogP contribution in [0.1, 0.15) is 36.0 Å². The van der Waals surface area contributed by atoms with Gasteiger partial charge in [0.1, 0.15) is 0 Å². The number of hydrogen-bond acceptors (Lipinski definition) is 3. The van der Waals surface area contributed by atoms with E-state index in [9.17, 15) is 9.59 Å². The summed E-state index contributed by atoms with van der Waals surface area (Å²) in [5, 5.41) is 5.18. The highest BCUT2D eigenvalue weighted by molar-refractivity contribution is 5.86. The van der Waals surface area contributed by atoms with Crippen LogP contribution in [-0.4, -0.2) is 27.7 Å². The highest BCUT2D eigenvalue weighted by Crippen LogP contribution is 2.24. The number of carbonyl (C=O) groups excluding carboxylic acids is 2. The molecule has 0 bridgehead atoms. The summed E-state index contributed by atoms with van der Waals surface area (Å²) < 4.78 is 0. The molecule has 1 N–H and O–H groups in total. The maximum Gasteiger partial charge on any atom is 0.223 e. The molecule has 5 nitrogen and oxygen atoms in total. The van der Waals surface area contributed by atoms with Crippen LogP contribution in [0, 0.1) is 6.92 Å². The first-order valence-corrected chi connectivity index (χ1v) is 10.0. The lowest BCUT2D eigenvalue weighted by Gasteiger charge is -2.24. The van der Waals surface area contributed by atoms with Gasteiger partial charge < -0.3 is 10.2 Å². The average molecular weight is 387 g/mol. The zero-order chi connectivity index (χ0) is 20.2. The van der Waals surface area contributed by atoms with Gasteiger partial charge in [-0.05, 0) is 35.9 Å². The molecule has 148 valence electrons. The monoisotopic (exact) mass is 387 g/mol. The molecule has 2 heterocycles. The first-order valence-electron chi connectivity index (χ1n) is 10.0. The van der Waals surface area contributed by atoms with Crippen molar-refractivity contribution in [1.29, 1.82) is 0 Å². The number of hydrogen-bond donors (Lipinski definition) is 1. The molecule has 1 aliphatic rings. The van der Waals surface area contributed by atoms with Crippen LogP contribution >= 0.6 is 0 Å². The number of nitrogens with zero attached hydrogens (tertiary/aromatic N) is 2. The minimum Gasteiger partial charge on any atom is -0.352 e. The van der Waals surface area contributed by atoms with Crippen molar-refractivity contribution in [1.82, 2.24) is 15.2 Å². The number of aromatic nitrogens is 1. The van der Waals surface area contributed by atoms with Crippen molar-refractivity contribution in [2.75, 3.05) is 0 Å². The lowest BCUT2D eigenvalue weighted by Crippen LogP contribution is -2.36. The van der Waals surface area contributed by atoms with Crippen LogP contribution in [0.25, 0.3) is 10.8 Å². The smallest absolute Gasteiger partial charge is 0.223 e. The fourth-order valence-corrected chi connectivity index (χ4v) is 3.94. The molecule has 3 aromatic rings. The summed E-state index contributed by atoms with van der Waals surface area (Å²) in [7, 11) is 0. The van der Waals surface area contributed by atoms with Crippen molar-refractivity contribution < 1.29 is 9.59 Å². The average Bonchev–Trinajstić information content (AvgIpc) is 3.07. The number of carbonyl (C=O) groups is 2. The van der Waals surface area contributed by atoms with Crippen LogP contribution < -0.4 is 5.32 Å². The van der Waals surface area contributed by atoms with Crippen LogP contribution in [-0.2, 0) is 22.7 Å². The largest absolute Gasteiger partial charge is 0.352 e. The van der Waals surface area contributed by atoms with Crippen molar-refractivity contribution in [3.05, 3.63) is 77.6 Å². The molecule has 0 spiro atoms. The fourth-order valence-electron chi connectivity index (χ4n) is 3.94. The van der Waals surface area contributed by atoms with Gasteiger partial charge in [0.05, 0.1) is 0 Å². The predicted molar refractivity (Wildman–Crippen MR) is 113 cm³/mol. The summed E-state index contributed by atoms with van der Waals surface area (Å²) in [6, 6.07) is 16.1. The van der Waals surface area contributed by atoms with Crippen molar-refractivity contribution in [3.63, 3.8) is 0 Å². The van der Waals surface area contributed by atoms with Gasteiger partial charge in [-0.2, -0.15) is 0 Å². The first kappa shape index (κ1) is 19.1. The van der Waals surface area contributed by atoms with E-state index in [2.05, 4.69) is 22.4 Å². The second kappa shape index (κ2) is 8.43. The lowest BCUT2D eigenvalue weighted by molar-refractivity contribution is -0.130. The summed E-state index contributed by atoms with van der Waals surface area (Å²) in [5.74, 6) is 0.106. The van der Waals surface area contributed by atoms with Crippen LogP contribution in [0.4, 0.5) is 0 Å². The molecule has 5 heteroatoms. The Morgan fingerprint density at radius 1 is 1.17 bits per heavy atom. The third-order valence-corrected chi connectivity index (χ3v) is 5.59. The maximum absolute atomic E-state index is 12.6. The molecule has 2 amide bonds. The molecular formula is C24H25N3O2. The summed E-state index contributed by atoms with van der Waals surface area (Å²) in [6.07, 6.45) is 5.18. The van der Waals surface area contributed by atoms with Gasteiger partial charge in [-0.15, -0.1) is 0 Å². The molecule has 1 atom stereocenters. The molecule has 2 aromatic carbocycles. The summed E-state index contributed by atoms with van der Waals surface area (Å²) in [5.41, 5.74) is 3.36. The molecular weight excluding hydrogens is 362 g/mol. The van der Waals surface area contributed by atoms with E-state index >= 15 is 0 Å². The second-order valence-electron chi connectivity index (χ2n) is 7.69. The zero-order valence-corrected chi connectivity index (χ0v) is 16.6.